The van der Waals surface area contributed by atoms with E-state index in [9.17, 15) is 14.9 Å². The van der Waals surface area contributed by atoms with Crippen LogP contribution in [0, 0.1) is 17.0 Å². The van der Waals surface area contributed by atoms with Crippen molar-refractivity contribution in [2.24, 2.45) is 0 Å². The highest BCUT2D eigenvalue weighted by atomic mass is 35.5. The van der Waals surface area contributed by atoms with Crippen LogP contribution in [0.5, 0.6) is 0 Å². The molecule has 2 aromatic carbocycles. The molecular formula is C18H14ClN3O5. The van der Waals surface area contributed by atoms with Crippen LogP contribution in [0.2, 0.25) is 5.02 Å². The SMILES string of the molecule is Cc1ccc(-c2nnc(C(C)OC(=O)c3ccc(Cl)cc3[N+](=O)[O-])o2)cc1. The van der Waals surface area contributed by atoms with Crippen molar-refractivity contribution in [2.75, 3.05) is 0 Å². The molecule has 0 aliphatic heterocycles. The number of ether oxygens (including phenoxy) is 1. The number of benzene rings is 2. The first-order chi connectivity index (χ1) is 12.8. The molecule has 0 N–H and O–H groups in total. The van der Waals surface area contributed by atoms with Gasteiger partial charge in [0.2, 0.25) is 5.89 Å². The first-order valence-corrected chi connectivity index (χ1v) is 8.28. The molecule has 0 aliphatic carbocycles. The number of hydrogen-bond acceptors (Lipinski definition) is 7. The summed E-state index contributed by atoms with van der Waals surface area (Å²) >= 11 is 5.75. The number of nitrogens with zero attached hydrogens (tertiary/aromatic N) is 3. The zero-order valence-electron chi connectivity index (χ0n) is 14.4. The lowest BCUT2D eigenvalue weighted by Crippen LogP contribution is -2.11. The Labute approximate surface area is 158 Å². The van der Waals surface area contributed by atoms with Crippen molar-refractivity contribution in [3.63, 3.8) is 0 Å². The van der Waals surface area contributed by atoms with Gasteiger partial charge in [-0.15, -0.1) is 10.2 Å². The van der Waals surface area contributed by atoms with Gasteiger partial charge in [-0.25, -0.2) is 4.79 Å². The molecule has 1 unspecified atom stereocenters. The number of nitro benzene ring substituents is 1. The van der Waals surface area contributed by atoms with Crippen LogP contribution in [0.3, 0.4) is 0 Å². The van der Waals surface area contributed by atoms with E-state index in [0.29, 0.717) is 0 Å². The average Bonchev–Trinajstić information content (AvgIpc) is 3.12. The Bertz CT molecular complexity index is 1000. The molecular weight excluding hydrogens is 374 g/mol. The number of aryl methyl sites for hydroxylation is 1. The van der Waals surface area contributed by atoms with Crippen molar-refractivity contribution in [1.29, 1.82) is 0 Å². The summed E-state index contributed by atoms with van der Waals surface area (Å²) in [6.45, 7) is 3.49. The van der Waals surface area contributed by atoms with Crippen LogP contribution in [-0.4, -0.2) is 21.1 Å². The van der Waals surface area contributed by atoms with Crippen molar-refractivity contribution >= 4 is 23.3 Å². The van der Waals surface area contributed by atoms with Gasteiger partial charge in [0.25, 0.3) is 11.6 Å². The minimum absolute atomic E-state index is 0.0792. The number of carbonyl (C=O) groups excluding carboxylic acids is 1. The van der Waals surface area contributed by atoms with Crippen LogP contribution < -0.4 is 0 Å². The Hall–Kier alpha value is -3.26. The number of carbonyl (C=O) groups is 1. The molecule has 1 heterocycles. The van der Waals surface area contributed by atoms with E-state index < -0.39 is 22.7 Å². The predicted octanol–water partition coefficient (Wildman–Crippen LogP) is 4.52. The van der Waals surface area contributed by atoms with Gasteiger partial charge in [0, 0.05) is 16.7 Å². The Kier molecular flexibility index (Phi) is 5.18. The van der Waals surface area contributed by atoms with E-state index in [1.807, 2.05) is 31.2 Å². The molecule has 0 saturated heterocycles. The van der Waals surface area contributed by atoms with Crippen LogP contribution >= 0.6 is 11.6 Å². The second kappa shape index (κ2) is 7.55. The predicted molar refractivity (Wildman–Crippen MR) is 96.4 cm³/mol. The van der Waals surface area contributed by atoms with Crippen LogP contribution in [0.1, 0.15) is 34.8 Å². The second-order valence-electron chi connectivity index (χ2n) is 5.78. The molecule has 0 amide bonds. The molecule has 3 rings (SSSR count). The number of esters is 1. The van der Waals surface area contributed by atoms with Crippen LogP contribution in [0.4, 0.5) is 5.69 Å². The summed E-state index contributed by atoms with van der Waals surface area (Å²) in [5.74, 6) is -0.526. The summed E-state index contributed by atoms with van der Waals surface area (Å²) in [4.78, 5) is 22.7. The van der Waals surface area contributed by atoms with Crippen molar-refractivity contribution < 1.29 is 18.9 Å². The third kappa shape index (κ3) is 4.12. The number of hydrogen-bond donors (Lipinski definition) is 0. The van der Waals surface area contributed by atoms with Gasteiger partial charge in [0.05, 0.1) is 4.92 Å². The quantitative estimate of drug-likeness (QED) is 0.359. The molecule has 3 aromatic rings. The highest BCUT2D eigenvalue weighted by molar-refractivity contribution is 6.31. The van der Waals surface area contributed by atoms with E-state index >= 15 is 0 Å². The Morgan fingerprint density at radius 2 is 1.93 bits per heavy atom. The summed E-state index contributed by atoms with van der Waals surface area (Å²) in [6.07, 6.45) is -0.889. The third-order valence-electron chi connectivity index (χ3n) is 3.75. The molecule has 0 bridgehead atoms. The zero-order valence-corrected chi connectivity index (χ0v) is 15.1. The molecule has 0 fully saturated rings. The maximum absolute atomic E-state index is 12.3. The van der Waals surface area contributed by atoms with E-state index in [-0.39, 0.29) is 22.4 Å². The topological polar surface area (TPSA) is 108 Å². The first kappa shape index (κ1) is 18.5. The normalized spacial score (nSPS) is 11.8. The lowest BCUT2D eigenvalue weighted by Gasteiger charge is -2.09. The lowest BCUT2D eigenvalue weighted by molar-refractivity contribution is -0.385. The average molecular weight is 388 g/mol. The van der Waals surface area contributed by atoms with Gasteiger partial charge in [0.15, 0.2) is 6.10 Å². The lowest BCUT2D eigenvalue weighted by atomic mass is 10.1. The summed E-state index contributed by atoms with van der Waals surface area (Å²) in [6, 6.07) is 11.2. The Morgan fingerprint density at radius 1 is 1.22 bits per heavy atom. The number of halogens is 1. The molecule has 27 heavy (non-hydrogen) atoms. The Morgan fingerprint density at radius 3 is 2.59 bits per heavy atom. The zero-order chi connectivity index (χ0) is 19.6. The van der Waals surface area contributed by atoms with Crippen LogP contribution in [0.25, 0.3) is 11.5 Å². The standard InChI is InChI=1S/C18H14ClN3O5/c1-10-3-5-12(6-4-10)17-21-20-16(27-17)11(2)26-18(23)14-8-7-13(19)9-15(14)22(24)25/h3-9,11H,1-2H3. The van der Waals surface area contributed by atoms with Crippen LogP contribution in [-0.2, 0) is 4.74 Å². The smallest absolute Gasteiger partial charge is 0.345 e. The first-order valence-electron chi connectivity index (χ1n) is 7.90. The third-order valence-corrected chi connectivity index (χ3v) is 3.98. The van der Waals surface area contributed by atoms with E-state index in [4.69, 9.17) is 20.8 Å². The second-order valence-corrected chi connectivity index (χ2v) is 6.21. The van der Waals surface area contributed by atoms with E-state index in [1.54, 1.807) is 0 Å². The fraction of sp³-hybridized carbons (Fsp3) is 0.167. The van der Waals surface area contributed by atoms with Crippen molar-refractivity contribution in [3.8, 4) is 11.5 Å². The minimum Gasteiger partial charge on any atom is -0.449 e. The summed E-state index contributed by atoms with van der Waals surface area (Å²) in [5.41, 5.74) is 1.16. The van der Waals surface area contributed by atoms with E-state index in [0.717, 1.165) is 17.2 Å². The highest BCUT2D eigenvalue weighted by Crippen LogP contribution is 2.27. The van der Waals surface area contributed by atoms with Gasteiger partial charge in [-0.2, -0.15) is 0 Å². The summed E-state index contributed by atoms with van der Waals surface area (Å²) < 4.78 is 10.8. The molecule has 9 heteroatoms. The van der Waals surface area contributed by atoms with E-state index in [2.05, 4.69) is 10.2 Å². The van der Waals surface area contributed by atoms with Gasteiger partial charge < -0.3 is 9.15 Å². The van der Waals surface area contributed by atoms with Gasteiger partial charge in [-0.3, -0.25) is 10.1 Å². The maximum atomic E-state index is 12.3. The van der Waals surface area contributed by atoms with Crippen LogP contribution in [0.15, 0.2) is 46.9 Å². The van der Waals surface area contributed by atoms with Crippen molar-refractivity contribution in [3.05, 3.63) is 74.6 Å². The number of aromatic nitrogens is 2. The molecule has 0 aliphatic rings. The Balaban J connectivity index is 1.78. The highest BCUT2D eigenvalue weighted by Gasteiger charge is 2.26. The van der Waals surface area contributed by atoms with Crippen molar-refractivity contribution in [1.82, 2.24) is 10.2 Å². The molecule has 1 aromatic heterocycles. The summed E-state index contributed by atoms with van der Waals surface area (Å²) in [7, 11) is 0. The molecule has 0 spiro atoms. The fourth-order valence-electron chi connectivity index (χ4n) is 2.31. The number of nitro groups is 1. The van der Waals surface area contributed by atoms with Crippen molar-refractivity contribution in [2.45, 2.75) is 20.0 Å². The molecule has 1 atom stereocenters. The van der Waals surface area contributed by atoms with Gasteiger partial charge in [-0.1, -0.05) is 29.3 Å². The molecule has 138 valence electrons. The largest absolute Gasteiger partial charge is 0.449 e. The van der Waals surface area contributed by atoms with Gasteiger partial charge in [-0.05, 0) is 38.1 Å². The summed E-state index contributed by atoms with van der Waals surface area (Å²) in [5, 5.41) is 19.1. The molecule has 8 nitrogen and oxygen atoms in total. The number of rotatable bonds is 5. The molecule has 0 saturated carbocycles. The van der Waals surface area contributed by atoms with Gasteiger partial charge >= 0.3 is 5.97 Å². The monoisotopic (exact) mass is 387 g/mol. The maximum Gasteiger partial charge on any atom is 0.345 e. The van der Waals surface area contributed by atoms with Gasteiger partial charge in [0.1, 0.15) is 5.56 Å². The minimum atomic E-state index is -0.889. The molecule has 0 radical (unpaired) electrons. The fourth-order valence-corrected chi connectivity index (χ4v) is 2.48. The van der Waals surface area contributed by atoms with E-state index in [1.165, 1.54) is 19.1 Å².